The molecule has 0 spiro atoms. The highest BCUT2D eigenvalue weighted by Gasteiger charge is 2.25. The summed E-state index contributed by atoms with van der Waals surface area (Å²) in [6.07, 6.45) is 1.06. The van der Waals surface area contributed by atoms with Gasteiger partial charge in [0.1, 0.15) is 11.5 Å². The second-order valence-corrected chi connectivity index (χ2v) is 8.42. The predicted molar refractivity (Wildman–Crippen MR) is 143 cm³/mol. The Morgan fingerprint density at radius 3 is 2.31 bits per heavy atom. The molecule has 0 bridgehead atoms. The number of ether oxygens (including phenoxy) is 2. The van der Waals surface area contributed by atoms with Gasteiger partial charge in [0.2, 0.25) is 0 Å². The van der Waals surface area contributed by atoms with Crippen molar-refractivity contribution in [1.29, 1.82) is 0 Å². The van der Waals surface area contributed by atoms with E-state index in [1.165, 1.54) is 13.1 Å². The zero-order valence-corrected chi connectivity index (χ0v) is 22.6. The first-order valence-electron chi connectivity index (χ1n) is 11.5. The van der Waals surface area contributed by atoms with Crippen LogP contribution in [0.1, 0.15) is 20.3 Å². The molecule has 2 aliphatic rings. The first kappa shape index (κ1) is 26.8. The molecule has 2 saturated heterocycles. The van der Waals surface area contributed by atoms with Gasteiger partial charge in [0.05, 0.1) is 14.2 Å². The number of methoxy groups -OCH3 is 2. The maximum Gasteiger partial charge on any atom is 0.191 e. The number of piperazine rings is 1. The summed E-state index contributed by atoms with van der Waals surface area (Å²) < 4.78 is 10.8. The van der Waals surface area contributed by atoms with Crippen molar-refractivity contribution in [1.82, 2.24) is 20.4 Å². The fraction of sp³-hybridized carbons (Fsp3) is 0.696. The second kappa shape index (κ2) is 13.3. The molecule has 0 radical (unpaired) electrons. The Morgan fingerprint density at radius 1 is 1.09 bits per heavy atom. The zero-order chi connectivity index (χ0) is 22.2. The number of aliphatic imine (C=N–C) groups is 1. The van der Waals surface area contributed by atoms with E-state index in [9.17, 15) is 0 Å². The van der Waals surface area contributed by atoms with Crippen molar-refractivity contribution in [2.75, 3.05) is 78.5 Å². The molecule has 2 heterocycles. The number of nitrogens with one attached hydrogen (secondary N) is 2. The molecule has 1 aromatic rings. The van der Waals surface area contributed by atoms with Crippen molar-refractivity contribution in [3.8, 4) is 11.5 Å². The van der Waals surface area contributed by atoms with Crippen LogP contribution < -0.4 is 25.0 Å². The number of rotatable bonds is 8. The molecular weight excluding hydrogens is 519 g/mol. The number of benzene rings is 1. The number of guanidine groups is 1. The number of likely N-dealkylation sites (N-methyl/N-ethyl adjacent to an activating group) is 1. The van der Waals surface area contributed by atoms with E-state index < -0.39 is 0 Å². The van der Waals surface area contributed by atoms with Gasteiger partial charge in [-0.05, 0) is 19.9 Å². The Bertz CT molecular complexity index is 704. The van der Waals surface area contributed by atoms with Gasteiger partial charge in [-0.15, -0.1) is 24.0 Å². The molecule has 8 nitrogen and oxygen atoms in total. The molecule has 182 valence electrons. The number of nitrogens with zero attached hydrogens (tertiary/aromatic N) is 4. The Morgan fingerprint density at radius 2 is 1.75 bits per heavy atom. The Hall–Kier alpha value is -1.46. The average molecular weight is 561 g/mol. The van der Waals surface area contributed by atoms with Crippen molar-refractivity contribution >= 4 is 35.6 Å². The largest absolute Gasteiger partial charge is 0.497 e. The lowest BCUT2D eigenvalue weighted by atomic mass is 10.2. The minimum Gasteiger partial charge on any atom is -0.497 e. The summed E-state index contributed by atoms with van der Waals surface area (Å²) in [7, 11) is 5.22. The van der Waals surface area contributed by atoms with Crippen LogP contribution in [0, 0.1) is 0 Å². The van der Waals surface area contributed by atoms with Crippen LogP contribution in [0.15, 0.2) is 23.2 Å². The first-order valence-corrected chi connectivity index (χ1v) is 11.5. The third kappa shape index (κ3) is 7.28. The van der Waals surface area contributed by atoms with Gasteiger partial charge in [0.25, 0.3) is 0 Å². The van der Waals surface area contributed by atoms with Gasteiger partial charge in [0.15, 0.2) is 5.96 Å². The van der Waals surface area contributed by atoms with Crippen molar-refractivity contribution in [3.05, 3.63) is 18.2 Å². The fourth-order valence-corrected chi connectivity index (χ4v) is 4.37. The quantitative estimate of drug-likeness (QED) is 0.287. The monoisotopic (exact) mass is 560 g/mol. The highest BCUT2D eigenvalue weighted by atomic mass is 127. The van der Waals surface area contributed by atoms with Gasteiger partial charge in [0, 0.05) is 88.8 Å². The van der Waals surface area contributed by atoms with E-state index in [1.54, 1.807) is 14.2 Å². The minimum atomic E-state index is 0. The lowest BCUT2D eigenvalue weighted by molar-refractivity contribution is 0.107. The van der Waals surface area contributed by atoms with E-state index in [0.29, 0.717) is 12.1 Å². The Labute approximate surface area is 210 Å². The zero-order valence-electron chi connectivity index (χ0n) is 20.3. The third-order valence-corrected chi connectivity index (χ3v) is 6.50. The maximum atomic E-state index is 5.42. The summed E-state index contributed by atoms with van der Waals surface area (Å²) >= 11 is 0. The van der Waals surface area contributed by atoms with Crippen molar-refractivity contribution in [2.45, 2.75) is 32.4 Å². The highest BCUT2D eigenvalue weighted by molar-refractivity contribution is 14.0. The van der Waals surface area contributed by atoms with Crippen LogP contribution in [0.25, 0.3) is 0 Å². The first-order chi connectivity index (χ1) is 15.1. The molecule has 0 amide bonds. The molecule has 2 N–H and O–H groups in total. The van der Waals surface area contributed by atoms with Crippen molar-refractivity contribution < 1.29 is 9.47 Å². The second-order valence-electron chi connectivity index (χ2n) is 8.42. The number of hydrogen-bond donors (Lipinski definition) is 2. The lowest BCUT2D eigenvalue weighted by Crippen LogP contribution is -2.53. The summed E-state index contributed by atoms with van der Waals surface area (Å²) in [6.45, 7) is 13.1. The van der Waals surface area contributed by atoms with Gasteiger partial charge in [-0.3, -0.25) is 9.89 Å². The molecular formula is C23H41IN6O2. The molecule has 2 aliphatic heterocycles. The molecule has 2 fully saturated rings. The van der Waals surface area contributed by atoms with Crippen LogP contribution in [0.5, 0.6) is 11.5 Å². The molecule has 2 atom stereocenters. The number of anilines is 1. The normalized spacial score (nSPS) is 21.1. The van der Waals surface area contributed by atoms with Crippen LogP contribution in [-0.2, 0) is 0 Å². The maximum absolute atomic E-state index is 5.42. The fourth-order valence-electron chi connectivity index (χ4n) is 4.37. The summed E-state index contributed by atoms with van der Waals surface area (Å²) in [5.41, 5.74) is 1.13. The van der Waals surface area contributed by atoms with Crippen LogP contribution >= 0.6 is 24.0 Å². The smallest absolute Gasteiger partial charge is 0.191 e. The van der Waals surface area contributed by atoms with Gasteiger partial charge in [-0.2, -0.15) is 0 Å². The molecule has 3 rings (SSSR count). The van der Waals surface area contributed by atoms with Crippen LogP contribution in [0.2, 0.25) is 0 Å². The Balaban J connectivity index is 0.00000363. The summed E-state index contributed by atoms with van der Waals surface area (Å²) in [4.78, 5) is 11.9. The predicted octanol–water partition coefficient (Wildman–Crippen LogP) is 2.09. The van der Waals surface area contributed by atoms with Gasteiger partial charge in [-0.1, -0.05) is 6.92 Å². The van der Waals surface area contributed by atoms with Gasteiger partial charge >= 0.3 is 0 Å². The molecule has 2 unspecified atom stereocenters. The third-order valence-electron chi connectivity index (χ3n) is 6.50. The average Bonchev–Trinajstić information content (AvgIpc) is 3.29. The molecule has 32 heavy (non-hydrogen) atoms. The summed E-state index contributed by atoms with van der Waals surface area (Å²) in [6, 6.07) is 6.88. The van der Waals surface area contributed by atoms with Crippen molar-refractivity contribution in [3.63, 3.8) is 0 Å². The lowest BCUT2D eigenvalue weighted by Gasteiger charge is -2.37. The van der Waals surface area contributed by atoms with E-state index in [-0.39, 0.29) is 24.0 Å². The highest BCUT2D eigenvalue weighted by Crippen LogP contribution is 2.30. The molecule has 0 saturated carbocycles. The van der Waals surface area contributed by atoms with E-state index in [0.717, 1.165) is 68.8 Å². The molecule has 0 aromatic heterocycles. The van der Waals surface area contributed by atoms with E-state index >= 15 is 0 Å². The van der Waals surface area contributed by atoms with Gasteiger partial charge < -0.3 is 29.9 Å². The molecule has 1 aromatic carbocycles. The summed E-state index contributed by atoms with van der Waals surface area (Å²) in [5, 5.41) is 7.14. The van der Waals surface area contributed by atoms with Crippen LogP contribution in [0.3, 0.4) is 0 Å². The van der Waals surface area contributed by atoms with Gasteiger partial charge in [-0.25, -0.2) is 0 Å². The molecule has 0 aliphatic carbocycles. The topological polar surface area (TPSA) is 64.6 Å². The summed E-state index contributed by atoms with van der Waals surface area (Å²) in [5.74, 6) is 2.52. The van der Waals surface area contributed by atoms with E-state index in [4.69, 9.17) is 9.47 Å². The van der Waals surface area contributed by atoms with E-state index in [1.807, 2.05) is 13.1 Å². The standard InChI is InChI=1S/C23H40N6O2.HI/c1-6-27-9-11-28(12-10-27)18(2)16-25-23(24-3)26-19-7-8-29(17-19)20-13-21(30-4)15-22(14-20)31-5;/h13-15,18-19H,6-12,16-17H2,1-5H3,(H2,24,25,26);1H. The SMILES string of the molecule is CCN1CCN(C(C)CNC(=NC)NC2CCN(c3cc(OC)cc(OC)c3)C2)CC1.I. The number of halogens is 1. The van der Waals surface area contributed by atoms with Crippen LogP contribution in [0.4, 0.5) is 5.69 Å². The van der Waals surface area contributed by atoms with Crippen molar-refractivity contribution in [2.24, 2.45) is 4.99 Å². The van der Waals surface area contributed by atoms with E-state index in [2.05, 4.69) is 56.3 Å². The number of hydrogen-bond acceptors (Lipinski definition) is 6. The molecule has 9 heteroatoms. The van der Waals surface area contributed by atoms with Crippen LogP contribution in [-0.4, -0.2) is 101 Å². The Kier molecular flexibility index (Phi) is 11.1. The minimum absolute atomic E-state index is 0.